The van der Waals surface area contributed by atoms with E-state index in [0.29, 0.717) is 22.8 Å². The van der Waals surface area contributed by atoms with Crippen LogP contribution >= 0.6 is 0 Å². The van der Waals surface area contributed by atoms with Crippen molar-refractivity contribution in [3.63, 3.8) is 0 Å². The fourth-order valence-electron chi connectivity index (χ4n) is 2.00. The Labute approximate surface area is 114 Å². The van der Waals surface area contributed by atoms with E-state index in [4.69, 9.17) is 14.2 Å². The van der Waals surface area contributed by atoms with E-state index in [1.807, 2.05) is 20.8 Å². The summed E-state index contributed by atoms with van der Waals surface area (Å²) in [4.78, 5) is 12.5. The van der Waals surface area contributed by atoms with Gasteiger partial charge < -0.3 is 14.2 Å². The minimum absolute atomic E-state index is 0.0296. The van der Waals surface area contributed by atoms with Gasteiger partial charge in [-0.3, -0.25) is 4.79 Å². The van der Waals surface area contributed by atoms with Crippen molar-refractivity contribution in [2.45, 2.75) is 27.2 Å². The maximum atomic E-state index is 12.5. The van der Waals surface area contributed by atoms with Crippen molar-refractivity contribution in [3.8, 4) is 17.2 Å². The number of carbonyl (C=O) groups excluding carboxylic acids is 1. The van der Waals surface area contributed by atoms with Crippen LogP contribution in [0.3, 0.4) is 0 Å². The van der Waals surface area contributed by atoms with Gasteiger partial charge in [0, 0.05) is 17.5 Å². The standard InChI is InChI=1S/C15H22O4/c1-7-9(2)14(16)13-12(18-5)8-11(17-4)10(3)15(13)19-6/h8-9H,7H2,1-6H3. The Bertz CT molecular complexity index is 466. The van der Waals surface area contributed by atoms with Crippen LogP contribution < -0.4 is 14.2 Å². The lowest BCUT2D eigenvalue weighted by Gasteiger charge is -2.19. The summed E-state index contributed by atoms with van der Waals surface area (Å²) in [5.41, 5.74) is 1.30. The highest BCUT2D eigenvalue weighted by atomic mass is 16.5. The van der Waals surface area contributed by atoms with Gasteiger partial charge in [0.05, 0.1) is 21.3 Å². The molecule has 0 bridgehead atoms. The molecule has 0 saturated heterocycles. The minimum Gasteiger partial charge on any atom is -0.496 e. The van der Waals surface area contributed by atoms with E-state index in [1.165, 1.54) is 7.11 Å². The zero-order chi connectivity index (χ0) is 14.6. The largest absolute Gasteiger partial charge is 0.496 e. The van der Waals surface area contributed by atoms with Gasteiger partial charge >= 0.3 is 0 Å². The number of hydrogen-bond acceptors (Lipinski definition) is 4. The van der Waals surface area contributed by atoms with Gasteiger partial charge in [0.15, 0.2) is 5.78 Å². The highest BCUT2D eigenvalue weighted by Gasteiger charge is 2.26. The van der Waals surface area contributed by atoms with Crippen LogP contribution in [0.1, 0.15) is 36.2 Å². The molecular weight excluding hydrogens is 244 g/mol. The Morgan fingerprint density at radius 3 is 2.16 bits per heavy atom. The van der Waals surface area contributed by atoms with Crippen LogP contribution in [0.25, 0.3) is 0 Å². The third-order valence-corrected chi connectivity index (χ3v) is 3.40. The molecule has 0 heterocycles. The Morgan fingerprint density at radius 1 is 1.16 bits per heavy atom. The number of Topliss-reactive ketones (excluding diaryl/α,β-unsaturated/α-hetero) is 1. The molecule has 4 heteroatoms. The van der Waals surface area contributed by atoms with E-state index in [1.54, 1.807) is 20.3 Å². The van der Waals surface area contributed by atoms with Gasteiger partial charge in [0.1, 0.15) is 22.8 Å². The van der Waals surface area contributed by atoms with Gasteiger partial charge in [-0.05, 0) is 13.3 Å². The lowest BCUT2D eigenvalue weighted by molar-refractivity contribution is 0.0920. The fourth-order valence-corrected chi connectivity index (χ4v) is 2.00. The number of ketones is 1. The van der Waals surface area contributed by atoms with Gasteiger partial charge in [-0.25, -0.2) is 0 Å². The van der Waals surface area contributed by atoms with Crippen LogP contribution in [-0.4, -0.2) is 27.1 Å². The van der Waals surface area contributed by atoms with Gasteiger partial charge in [-0.1, -0.05) is 13.8 Å². The van der Waals surface area contributed by atoms with E-state index in [9.17, 15) is 4.79 Å². The summed E-state index contributed by atoms with van der Waals surface area (Å²) in [5.74, 6) is 1.62. The number of benzene rings is 1. The summed E-state index contributed by atoms with van der Waals surface area (Å²) in [6, 6.07) is 1.73. The molecule has 4 nitrogen and oxygen atoms in total. The van der Waals surface area contributed by atoms with Crippen LogP contribution in [0.15, 0.2) is 6.07 Å². The Balaban J connectivity index is 3.52. The first kappa shape index (κ1) is 15.3. The summed E-state index contributed by atoms with van der Waals surface area (Å²) in [6.45, 7) is 5.75. The quantitative estimate of drug-likeness (QED) is 0.741. The van der Waals surface area contributed by atoms with Crippen molar-refractivity contribution in [2.75, 3.05) is 21.3 Å². The highest BCUT2D eigenvalue weighted by Crippen LogP contribution is 2.40. The van der Waals surface area contributed by atoms with E-state index < -0.39 is 0 Å². The topological polar surface area (TPSA) is 44.8 Å². The fraction of sp³-hybridized carbons (Fsp3) is 0.533. The average molecular weight is 266 g/mol. The Kier molecular flexibility index (Phi) is 5.21. The normalized spacial score (nSPS) is 11.9. The van der Waals surface area contributed by atoms with E-state index in [2.05, 4.69) is 0 Å². The number of ether oxygens (including phenoxy) is 3. The van der Waals surface area contributed by atoms with E-state index in [0.717, 1.165) is 12.0 Å². The third kappa shape index (κ3) is 2.83. The summed E-state index contributed by atoms with van der Waals surface area (Å²) < 4.78 is 16.0. The molecular formula is C15H22O4. The van der Waals surface area contributed by atoms with Gasteiger partial charge in [0.2, 0.25) is 0 Å². The van der Waals surface area contributed by atoms with E-state index in [-0.39, 0.29) is 11.7 Å². The molecule has 0 aliphatic carbocycles. The van der Waals surface area contributed by atoms with Crippen molar-refractivity contribution < 1.29 is 19.0 Å². The smallest absolute Gasteiger partial charge is 0.173 e. The SMILES string of the molecule is CCC(C)C(=O)c1c(OC)cc(OC)c(C)c1OC. The Hall–Kier alpha value is -1.71. The molecule has 0 aliphatic heterocycles. The van der Waals surface area contributed by atoms with Gasteiger partial charge in [-0.15, -0.1) is 0 Å². The molecule has 0 aliphatic rings. The summed E-state index contributed by atoms with van der Waals surface area (Å²) >= 11 is 0. The van der Waals surface area contributed by atoms with Crippen molar-refractivity contribution in [1.29, 1.82) is 0 Å². The van der Waals surface area contributed by atoms with Gasteiger partial charge in [0.25, 0.3) is 0 Å². The molecule has 19 heavy (non-hydrogen) atoms. The minimum atomic E-state index is -0.0735. The number of rotatable bonds is 6. The molecule has 0 fully saturated rings. The number of carbonyl (C=O) groups is 1. The van der Waals surface area contributed by atoms with Crippen LogP contribution in [0.2, 0.25) is 0 Å². The molecule has 106 valence electrons. The second-order valence-electron chi connectivity index (χ2n) is 4.49. The molecule has 0 spiro atoms. The maximum absolute atomic E-state index is 12.5. The molecule has 1 aromatic rings. The van der Waals surface area contributed by atoms with E-state index >= 15 is 0 Å². The second-order valence-corrected chi connectivity index (χ2v) is 4.49. The van der Waals surface area contributed by atoms with Crippen LogP contribution in [0.5, 0.6) is 17.2 Å². The molecule has 0 saturated carbocycles. The monoisotopic (exact) mass is 266 g/mol. The zero-order valence-corrected chi connectivity index (χ0v) is 12.5. The summed E-state index contributed by atoms with van der Waals surface area (Å²) in [6.07, 6.45) is 0.774. The summed E-state index contributed by atoms with van der Waals surface area (Å²) in [7, 11) is 4.67. The first-order chi connectivity index (χ1) is 9.01. The molecule has 1 atom stereocenters. The highest BCUT2D eigenvalue weighted by molar-refractivity contribution is 6.03. The van der Waals surface area contributed by atoms with Crippen LogP contribution in [0, 0.1) is 12.8 Å². The summed E-state index contributed by atoms with van der Waals surface area (Å²) in [5, 5.41) is 0. The van der Waals surface area contributed by atoms with Crippen molar-refractivity contribution in [3.05, 3.63) is 17.2 Å². The predicted octanol–water partition coefficient (Wildman–Crippen LogP) is 3.25. The predicted molar refractivity (Wildman–Crippen MR) is 74.6 cm³/mol. The lowest BCUT2D eigenvalue weighted by atomic mass is 9.94. The second kappa shape index (κ2) is 6.45. The van der Waals surface area contributed by atoms with Crippen molar-refractivity contribution in [2.24, 2.45) is 5.92 Å². The third-order valence-electron chi connectivity index (χ3n) is 3.40. The first-order valence-electron chi connectivity index (χ1n) is 6.35. The van der Waals surface area contributed by atoms with Crippen molar-refractivity contribution >= 4 is 5.78 Å². The molecule has 1 aromatic carbocycles. The molecule has 0 N–H and O–H groups in total. The van der Waals surface area contributed by atoms with Crippen molar-refractivity contribution in [1.82, 2.24) is 0 Å². The average Bonchev–Trinajstić information content (AvgIpc) is 2.44. The molecule has 1 rings (SSSR count). The molecule has 0 amide bonds. The Morgan fingerprint density at radius 2 is 1.74 bits per heavy atom. The zero-order valence-electron chi connectivity index (χ0n) is 12.5. The molecule has 1 unspecified atom stereocenters. The van der Waals surface area contributed by atoms with Gasteiger partial charge in [-0.2, -0.15) is 0 Å². The van der Waals surface area contributed by atoms with Crippen LogP contribution in [0.4, 0.5) is 0 Å². The maximum Gasteiger partial charge on any atom is 0.173 e. The lowest BCUT2D eigenvalue weighted by Crippen LogP contribution is -2.14. The van der Waals surface area contributed by atoms with Crippen LogP contribution in [-0.2, 0) is 0 Å². The first-order valence-corrected chi connectivity index (χ1v) is 6.35. The molecule has 0 radical (unpaired) electrons. The molecule has 0 aromatic heterocycles. The number of methoxy groups -OCH3 is 3. The number of hydrogen-bond donors (Lipinski definition) is 0.